The summed E-state index contributed by atoms with van der Waals surface area (Å²) in [4.78, 5) is 6.51. The third kappa shape index (κ3) is 3.43. The van der Waals surface area contributed by atoms with E-state index >= 15 is 0 Å². The number of likely N-dealkylation sites (N-methyl/N-ethyl adjacent to an activating group) is 1. The normalized spacial score (nSPS) is 19.8. The fourth-order valence-electron chi connectivity index (χ4n) is 2.89. The Kier molecular flexibility index (Phi) is 4.53. The van der Waals surface area contributed by atoms with Crippen LogP contribution >= 0.6 is 11.6 Å². The Morgan fingerprint density at radius 2 is 2.33 bits per heavy atom. The van der Waals surface area contributed by atoms with Gasteiger partial charge in [-0.05, 0) is 44.1 Å². The number of benzene rings is 1. The van der Waals surface area contributed by atoms with Gasteiger partial charge in [0.05, 0.1) is 5.69 Å². The van der Waals surface area contributed by atoms with Crippen LogP contribution in [0.15, 0.2) is 30.9 Å². The standard InChI is InChI=1S/C15H20ClN5/c1-17-14-3-2-6-20(9-14)8-12-4-5-13(16)7-15(12)21-11-18-10-19-21/h4-5,7,10-11,14,17H,2-3,6,8-9H2,1H3. The molecule has 1 unspecified atom stereocenters. The molecule has 6 heteroatoms. The molecule has 1 atom stereocenters. The van der Waals surface area contributed by atoms with Gasteiger partial charge < -0.3 is 5.32 Å². The molecular formula is C15H20ClN5. The predicted octanol–water partition coefficient (Wildman–Crippen LogP) is 2.10. The SMILES string of the molecule is CNC1CCCN(Cc2ccc(Cl)cc2-n2cncn2)C1. The van der Waals surface area contributed by atoms with Crippen molar-refractivity contribution in [2.75, 3.05) is 20.1 Å². The third-order valence-corrected chi connectivity index (χ3v) is 4.26. The zero-order valence-electron chi connectivity index (χ0n) is 12.2. The number of nitrogens with one attached hydrogen (secondary N) is 1. The fourth-order valence-corrected chi connectivity index (χ4v) is 3.06. The summed E-state index contributed by atoms with van der Waals surface area (Å²) in [6, 6.07) is 6.56. The molecule has 1 fully saturated rings. The van der Waals surface area contributed by atoms with E-state index < -0.39 is 0 Å². The minimum atomic E-state index is 0.584. The summed E-state index contributed by atoms with van der Waals surface area (Å²) in [6.07, 6.45) is 5.74. The van der Waals surface area contributed by atoms with Crippen LogP contribution in [0.25, 0.3) is 5.69 Å². The first-order chi connectivity index (χ1) is 10.3. The van der Waals surface area contributed by atoms with Gasteiger partial charge in [-0.15, -0.1) is 0 Å². The molecule has 3 rings (SSSR count). The maximum Gasteiger partial charge on any atom is 0.138 e. The topological polar surface area (TPSA) is 46.0 Å². The minimum absolute atomic E-state index is 0.584. The van der Waals surface area contributed by atoms with Crippen LogP contribution < -0.4 is 5.32 Å². The zero-order chi connectivity index (χ0) is 14.7. The molecule has 1 saturated heterocycles. The van der Waals surface area contributed by atoms with Crippen LogP contribution in [0, 0.1) is 0 Å². The molecule has 1 aliphatic heterocycles. The van der Waals surface area contributed by atoms with Crippen molar-refractivity contribution in [2.45, 2.75) is 25.4 Å². The van der Waals surface area contributed by atoms with Crippen LogP contribution in [0.3, 0.4) is 0 Å². The van der Waals surface area contributed by atoms with Crippen LogP contribution in [0.4, 0.5) is 0 Å². The van der Waals surface area contributed by atoms with Gasteiger partial charge in [0.1, 0.15) is 12.7 Å². The van der Waals surface area contributed by atoms with E-state index in [1.165, 1.54) is 18.4 Å². The first-order valence-corrected chi connectivity index (χ1v) is 7.67. The highest BCUT2D eigenvalue weighted by molar-refractivity contribution is 6.30. The van der Waals surface area contributed by atoms with E-state index in [1.807, 2.05) is 19.2 Å². The third-order valence-electron chi connectivity index (χ3n) is 4.02. The van der Waals surface area contributed by atoms with Crippen molar-refractivity contribution in [2.24, 2.45) is 0 Å². The van der Waals surface area contributed by atoms with E-state index in [9.17, 15) is 0 Å². The smallest absolute Gasteiger partial charge is 0.138 e. The molecule has 1 aliphatic rings. The Balaban J connectivity index is 1.82. The molecule has 0 bridgehead atoms. The Hall–Kier alpha value is -1.43. The zero-order valence-corrected chi connectivity index (χ0v) is 12.9. The van der Waals surface area contributed by atoms with Gasteiger partial charge in [0, 0.05) is 24.2 Å². The Labute approximate surface area is 129 Å². The molecule has 0 spiro atoms. The van der Waals surface area contributed by atoms with Crippen LogP contribution in [-0.2, 0) is 6.54 Å². The molecule has 21 heavy (non-hydrogen) atoms. The van der Waals surface area contributed by atoms with Crippen molar-refractivity contribution in [3.8, 4) is 5.69 Å². The molecule has 0 radical (unpaired) electrons. The summed E-state index contributed by atoms with van der Waals surface area (Å²) in [5.74, 6) is 0. The Morgan fingerprint density at radius 3 is 3.10 bits per heavy atom. The molecule has 2 heterocycles. The van der Waals surface area contributed by atoms with Gasteiger partial charge in [-0.3, -0.25) is 4.90 Å². The second-order valence-corrected chi connectivity index (χ2v) is 5.91. The number of likely N-dealkylation sites (tertiary alicyclic amines) is 1. The quantitative estimate of drug-likeness (QED) is 0.940. The molecule has 1 N–H and O–H groups in total. The molecule has 1 aromatic carbocycles. The summed E-state index contributed by atoms with van der Waals surface area (Å²) in [6.45, 7) is 3.12. The van der Waals surface area contributed by atoms with Gasteiger partial charge in [0.25, 0.3) is 0 Å². The number of rotatable bonds is 4. The van der Waals surface area contributed by atoms with E-state index in [0.29, 0.717) is 6.04 Å². The first-order valence-electron chi connectivity index (χ1n) is 7.29. The Morgan fingerprint density at radius 1 is 1.43 bits per heavy atom. The van der Waals surface area contributed by atoms with Crippen molar-refractivity contribution in [3.63, 3.8) is 0 Å². The number of aromatic nitrogens is 3. The molecule has 0 aliphatic carbocycles. The summed E-state index contributed by atoms with van der Waals surface area (Å²) in [5.41, 5.74) is 2.23. The lowest BCUT2D eigenvalue weighted by Crippen LogP contribution is -2.44. The van der Waals surface area contributed by atoms with Crippen molar-refractivity contribution < 1.29 is 0 Å². The average molecular weight is 306 g/mol. The lowest BCUT2D eigenvalue weighted by Gasteiger charge is -2.32. The van der Waals surface area contributed by atoms with Gasteiger partial charge in [0.2, 0.25) is 0 Å². The molecule has 112 valence electrons. The van der Waals surface area contributed by atoms with Crippen LogP contribution in [-0.4, -0.2) is 45.8 Å². The van der Waals surface area contributed by atoms with Gasteiger partial charge in [0.15, 0.2) is 0 Å². The number of halogens is 1. The van der Waals surface area contributed by atoms with Gasteiger partial charge >= 0.3 is 0 Å². The maximum absolute atomic E-state index is 6.14. The molecule has 2 aromatic rings. The summed E-state index contributed by atoms with van der Waals surface area (Å²) >= 11 is 6.14. The summed E-state index contributed by atoms with van der Waals surface area (Å²) < 4.78 is 1.78. The van der Waals surface area contributed by atoms with Crippen LogP contribution in [0.5, 0.6) is 0 Å². The lowest BCUT2D eigenvalue weighted by atomic mass is 10.0. The molecule has 5 nitrogen and oxygen atoms in total. The first kappa shape index (κ1) is 14.5. The largest absolute Gasteiger partial charge is 0.316 e. The lowest BCUT2D eigenvalue weighted by molar-refractivity contribution is 0.188. The van der Waals surface area contributed by atoms with Gasteiger partial charge in [-0.1, -0.05) is 17.7 Å². The van der Waals surface area contributed by atoms with E-state index in [-0.39, 0.29) is 0 Å². The highest BCUT2D eigenvalue weighted by Crippen LogP contribution is 2.22. The maximum atomic E-state index is 6.14. The van der Waals surface area contributed by atoms with E-state index in [4.69, 9.17) is 11.6 Å². The molecule has 0 amide bonds. The summed E-state index contributed by atoms with van der Waals surface area (Å²) in [7, 11) is 2.04. The van der Waals surface area contributed by atoms with Gasteiger partial charge in [-0.25, -0.2) is 9.67 Å². The fraction of sp³-hybridized carbons (Fsp3) is 0.467. The highest BCUT2D eigenvalue weighted by Gasteiger charge is 2.19. The average Bonchev–Trinajstić information content (AvgIpc) is 3.03. The number of piperidine rings is 1. The monoisotopic (exact) mass is 305 g/mol. The van der Waals surface area contributed by atoms with E-state index in [0.717, 1.165) is 30.3 Å². The molecule has 1 aromatic heterocycles. The molecule has 0 saturated carbocycles. The van der Waals surface area contributed by atoms with Gasteiger partial charge in [-0.2, -0.15) is 5.10 Å². The molecular weight excluding hydrogens is 286 g/mol. The predicted molar refractivity (Wildman–Crippen MR) is 83.7 cm³/mol. The number of nitrogens with zero attached hydrogens (tertiary/aromatic N) is 4. The van der Waals surface area contributed by atoms with Crippen LogP contribution in [0.2, 0.25) is 5.02 Å². The minimum Gasteiger partial charge on any atom is -0.316 e. The number of hydrogen-bond acceptors (Lipinski definition) is 4. The van der Waals surface area contributed by atoms with Crippen LogP contribution in [0.1, 0.15) is 18.4 Å². The van der Waals surface area contributed by atoms with Crippen molar-refractivity contribution in [3.05, 3.63) is 41.4 Å². The van der Waals surface area contributed by atoms with Crippen molar-refractivity contribution >= 4 is 11.6 Å². The second-order valence-electron chi connectivity index (χ2n) is 5.48. The van der Waals surface area contributed by atoms with Crippen molar-refractivity contribution in [1.29, 1.82) is 0 Å². The Bertz CT molecular complexity index is 584. The highest BCUT2D eigenvalue weighted by atomic mass is 35.5. The summed E-state index contributed by atoms with van der Waals surface area (Å²) in [5, 5.41) is 8.33. The van der Waals surface area contributed by atoms with Crippen molar-refractivity contribution in [1.82, 2.24) is 25.0 Å². The second kappa shape index (κ2) is 6.56. The number of hydrogen-bond donors (Lipinski definition) is 1. The van der Waals surface area contributed by atoms with E-state index in [2.05, 4.69) is 26.4 Å². The van der Waals surface area contributed by atoms with E-state index in [1.54, 1.807) is 17.3 Å².